The number of nitrogens with one attached hydrogen (secondary N) is 1. The number of carbonyl (C=O) groups excluding carboxylic acids is 1. The van der Waals surface area contributed by atoms with Crippen LogP contribution in [-0.2, 0) is 11.2 Å². The van der Waals surface area contributed by atoms with Crippen LogP contribution in [0, 0.1) is 40.5 Å². The molecule has 43 heavy (non-hydrogen) atoms. The van der Waals surface area contributed by atoms with Crippen molar-refractivity contribution in [2.45, 2.75) is 108 Å². The number of nitrogens with zero attached hydrogens (tertiary/aromatic N) is 2. The van der Waals surface area contributed by atoms with E-state index in [-0.39, 0.29) is 23.5 Å². The highest BCUT2D eigenvalue weighted by Crippen LogP contribution is 2.57. The van der Waals surface area contributed by atoms with Crippen molar-refractivity contribution in [2.24, 2.45) is 17.8 Å². The van der Waals surface area contributed by atoms with Gasteiger partial charge in [-0.3, -0.25) is 4.79 Å². The van der Waals surface area contributed by atoms with Gasteiger partial charge in [-0.05, 0) is 116 Å². The van der Waals surface area contributed by atoms with E-state index in [0.717, 1.165) is 66.0 Å². The van der Waals surface area contributed by atoms with Crippen LogP contribution in [0.3, 0.4) is 0 Å². The predicted octanol–water partition coefficient (Wildman–Crippen LogP) is 7.86. The molecule has 2 atom stereocenters. The second-order valence-electron chi connectivity index (χ2n) is 14.9. The number of ether oxygens (including phenoxy) is 1. The number of rotatable bonds is 7. The first-order chi connectivity index (χ1) is 20.6. The number of benzene rings is 2. The normalized spacial score (nSPS) is 28.8. The molecular weight excluding hydrogens is 547 g/mol. The minimum absolute atomic E-state index is 0.0309. The topological polar surface area (TPSA) is 65.4 Å². The quantitative estimate of drug-likeness (QED) is 0.262. The highest BCUT2D eigenvalue weighted by molar-refractivity contribution is 6.84. The molecule has 4 bridgehead atoms. The molecule has 5 nitrogen and oxygen atoms in total. The molecule has 1 amide bonds. The largest absolute Gasteiger partial charge is 0.497 e. The summed E-state index contributed by atoms with van der Waals surface area (Å²) in [5, 5.41) is 14.4. The summed E-state index contributed by atoms with van der Waals surface area (Å²) in [6.45, 7) is 8.71. The number of amides is 1. The second kappa shape index (κ2) is 11.7. The number of carbonyl (C=O) groups is 1. The highest BCUT2D eigenvalue weighted by Gasteiger charge is 2.51. The Labute approximate surface area is 259 Å². The summed E-state index contributed by atoms with van der Waals surface area (Å²) in [7, 11) is -0.0480. The number of unbranched alkanes of at least 4 members (excludes halogenated alkanes) is 1. The van der Waals surface area contributed by atoms with Crippen LogP contribution in [-0.4, -0.2) is 37.6 Å². The lowest BCUT2D eigenvalue weighted by Crippen LogP contribution is -2.54. The molecule has 7 rings (SSSR count). The summed E-state index contributed by atoms with van der Waals surface area (Å²) in [4.78, 5) is 16.1. The van der Waals surface area contributed by atoms with E-state index < -0.39 is 8.07 Å². The first kappa shape index (κ1) is 29.8. The van der Waals surface area contributed by atoms with Gasteiger partial charge in [-0.1, -0.05) is 51.5 Å². The minimum Gasteiger partial charge on any atom is -0.497 e. The Morgan fingerprint density at radius 1 is 1.07 bits per heavy atom. The van der Waals surface area contributed by atoms with Gasteiger partial charge in [0, 0.05) is 11.6 Å². The zero-order chi connectivity index (χ0) is 30.4. The summed E-state index contributed by atoms with van der Waals surface area (Å²) < 4.78 is 5.61. The summed E-state index contributed by atoms with van der Waals surface area (Å²) in [6, 6.07) is 14.8. The zero-order valence-electron chi connectivity index (χ0n) is 26.6. The third-order valence-electron chi connectivity index (χ3n) is 10.4. The first-order valence-corrected chi connectivity index (χ1v) is 19.9. The molecule has 0 unspecified atom stereocenters. The molecule has 226 valence electrons. The minimum atomic E-state index is -1.75. The van der Waals surface area contributed by atoms with Crippen LogP contribution < -0.4 is 10.1 Å². The maximum Gasteiger partial charge on any atom is 0.298 e. The molecule has 5 aliphatic rings. The van der Waals surface area contributed by atoms with Crippen LogP contribution in [0.2, 0.25) is 19.6 Å². The molecule has 6 heteroatoms. The van der Waals surface area contributed by atoms with E-state index in [1.807, 2.05) is 17.0 Å². The lowest BCUT2D eigenvalue weighted by molar-refractivity contribution is -0.130. The van der Waals surface area contributed by atoms with Gasteiger partial charge in [-0.2, -0.15) is 5.26 Å². The molecule has 4 saturated carbocycles. The number of fused-ring (bicyclic) bond motifs is 1. The Morgan fingerprint density at radius 3 is 2.37 bits per heavy atom. The van der Waals surface area contributed by atoms with Crippen molar-refractivity contribution in [3.63, 3.8) is 0 Å². The smallest absolute Gasteiger partial charge is 0.298 e. The fourth-order valence-electron chi connectivity index (χ4n) is 8.96. The molecular formula is C37H47N3O2Si. The van der Waals surface area contributed by atoms with Gasteiger partial charge < -0.3 is 15.0 Å². The Morgan fingerprint density at radius 2 is 1.77 bits per heavy atom. The number of methoxy groups -OCH3 is 1. The number of nitriles is 1. The first-order valence-electron chi connectivity index (χ1n) is 16.4. The van der Waals surface area contributed by atoms with Gasteiger partial charge in [0.2, 0.25) is 0 Å². The summed E-state index contributed by atoms with van der Waals surface area (Å²) >= 11 is 0. The van der Waals surface area contributed by atoms with Gasteiger partial charge >= 0.3 is 0 Å². The summed E-state index contributed by atoms with van der Waals surface area (Å²) in [6.07, 6.45) is 11.6. The second-order valence-corrected chi connectivity index (χ2v) is 19.7. The van der Waals surface area contributed by atoms with Gasteiger partial charge in [0.25, 0.3) is 5.91 Å². The molecule has 1 aliphatic heterocycles. The van der Waals surface area contributed by atoms with Crippen molar-refractivity contribution >= 4 is 19.7 Å². The van der Waals surface area contributed by atoms with E-state index in [1.165, 1.54) is 44.1 Å². The van der Waals surface area contributed by atoms with Gasteiger partial charge in [0.15, 0.2) is 0 Å². The lowest BCUT2D eigenvalue weighted by Gasteiger charge is -2.57. The van der Waals surface area contributed by atoms with Crippen molar-refractivity contribution in [1.29, 1.82) is 5.26 Å². The lowest BCUT2D eigenvalue weighted by atomic mass is 9.53. The zero-order valence-corrected chi connectivity index (χ0v) is 27.6. The van der Waals surface area contributed by atoms with E-state index in [2.05, 4.69) is 73.7 Å². The molecule has 0 aromatic heterocycles. The van der Waals surface area contributed by atoms with Crippen molar-refractivity contribution < 1.29 is 9.53 Å². The Bertz CT molecular complexity index is 1450. The Kier molecular flexibility index (Phi) is 8.12. The Hall–Kier alpha value is -3.22. The van der Waals surface area contributed by atoms with Crippen LogP contribution in [0.4, 0.5) is 5.69 Å². The highest BCUT2D eigenvalue weighted by atomic mass is 28.3. The predicted molar refractivity (Wildman–Crippen MR) is 176 cm³/mol. The number of hydrogen-bond acceptors (Lipinski definition) is 4. The third-order valence-corrected chi connectivity index (χ3v) is 11.2. The summed E-state index contributed by atoms with van der Waals surface area (Å²) in [5.41, 5.74) is 8.34. The van der Waals surface area contributed by atoms with Crippen molar-refractivity contribution in [3.05, 3.63) is 58.7 Å². The van der Waals surface area contributed by atoms with E-state index in [1.54, 1.807) is 7.11 Å². The molecule has 0 spiro atoms. The Balaban J connectivity index is 1.41. The molecule has 1 N–H and O–H groups in total. The van der Waals surface area contributed by atoms with E-state index in [9.17, 15) is 10.1 Å². The van der Waals surface area contributed by atoms with Crippen LogP contribution in [0.15, 0.2) is 36.4 Å². The molecule has 0 radical (unpaired) electrons. The van der Waals surface area contributed by atoms with E-state index in [4.69, 9.17) is 4.74 Å². The van der Waals surface area contributed by atoms with Gasteiger partial charge in [0.1, 0.15) is 19.9 Å². The average Bonchev–Trinajstić information content (AvgIpc) is 2.96. The third kappa shape index (κ3) is 6.09. The van der Waals surface area contributed by atoms with Crippen molar-refractivity contribution in [1.82, 2.24) is 4.90 Å². The fourth-order valence-corrected chi connectivity index (χ4v) is 9.44. The average molecular weight is 594 g/mol. The molecule has 1 heterocycles. The fraction of sp³-hybridized carbons (Fsp3) is 0.568. The van der Waals surface area contributed by atoms with Gasteiger partial charge in [-0.25, -0.2) is 0 Å². The van der Waals surface area contributed by atoms with E-state index in [0.29, 0.717) is 5.56 Å². The van der Waals surface area contributed by atoms with Gasteiger partial charge in [0.05, 0.1) is 24.4 Å². The molecule has 2 aromatic carbocycles. The number of hydrogen-bond donors (Lipinski definition) is 1. The molecule has 2 aromatic rings. The molecule has 4 fully saturated rings. The summed E-state index contributed by atoms with van der Waals surface area (Å²) in [5.74, 6) is 6.29. The molecule has 0 saturated heterocycles. The van der Waals surface area contributed by atoms with Crippen molar-refractivity contribution in [2.75, 3.05) is 12.4 Å². The SMILES string of the molecule is CCCC[C@H]1Cc2cc(OC)ccc2[C@H](c2ccc(NC34CC5CC(CC(C5)C3)C4)c(C#N)c2)N1C(=O)C#C[Si](C)(C)C. The maximum atomic E-state index is 14.0. The maximum absolute atomic E-state index is 14.0. The van der Waals surface area contributed by atoms with Crippen LogP contribution in [0.25, 0.3) is 0 Å². The van der Waals surface area contributed by atoms with E-state index >= 15 is 0 Å². The van der Waals surface area contributed by atoms with Crippen LogP contribution >= 0.6 is 0 Å². The van der Waals surface area contributed by atoms with Crippen molar-refractivity contribution in [3.8, 4) is 23.3 Å². The van der Waals surface area contributed by atoms with Gasteiger partial charge in [-0.15, -0.1) is 5.54 Å². The molecule has 4 aliphatic carbocycles. The standard InChI is InChI=1S/C37H47N3O2Si/c1-6-7-8-31-19-29-20-32(42-2)10-11-33(29)36(40(31)35(41)13-14-43(3,4)5)28-9-12-34(30(18-28)24-38)39-37-21-25-15-26(22-37)17-27(16-25)23-37/h9-12,18,20,25-27,31,36,39H,6-8,15-17,19,21-23H2,1-5H3/t25?,26?,27?,31-,36-,37?/m0/s1. The van der Waals surface area contributed by atoms with Crippen LogP contribution in [0.1, 0.15) is 93.0 Å². The number of anilines is 1. The van der Waals surface area contributed by atoms with Crippen LogP contribution in [0.5, 0.6) is 5.75 Å². The monoisotopic (exact) mass is 593 g/mol.